The van der Waals surface area contributed by atoms with Crippen LogP contribution in [0, 0.1) is 0 Å². The molecule has 6 heteroatoms. The summed E-state index contributed by atoms with van der Waals surface area (Å²) in [6.07, 6.45) is 0. The summed E-state index contributed by atoms with van der Waals surface area (Å²) in [5.41, 5.74) is 2.01. The van der Waals surface area contributed by atoms with Gasteiger partial charge in [-0.3, -0.25) is 4.79 Å². The topological polar surface area (TPSA) is 61.7 Å². The quantitative estimate of drug-likeness (QED) is 0.498. The molecule has 0 saturated carbocycles. The highest BCUT2D eigenvalue weighted by molar-refractivity contribution is 6.36. The first kappa shape index (κ1) is 15.4. The van der Waals surface area contributed by atoms with Gasteiger partial charge >= 0.3 is 0 Å². The molecule has 0 aliphatic carbocycles. The van der Waals surface area contributed by atoms with Crippen molar-refractivity contribution >= 4 is 40.5 Å². The minimum Gasteiger partial charge on any atom is -0.411 e. The summed E-state index contributed by atoms with van der Waals surface area (Å²) in [6.45, 7) is 1.66. The molecule has 0 aliphatic rings. The summed E-state index contributed by atoms with van der Waals surface area (Å²) in [6, 6.07) is 11.6. The molecule has 0 bridgehead atoms. The number of hydrogen-bond donors (Lipinski definition) is 2. The molecule has 0 heterocycles. The van der Waals surface area contributed by atoms with E-state index in [1.165, 1.54) is 6.07 Å². The Hall–Kier alpha value is -2.04. The average molecular weight is 323 g/mol. The van der Waals surface area contributed by atoms with E-state index >= 15 is 0 Å². The molecular weight excluding hydrogens is 311 g/mol. The second-order valence-corrected chi connectivity index (χ2v) is 5.19. The van der Waals surface area contributed by atoms with E-state index in [9.17, 15) is 4.79 Å². The molecule has 0 radical (unpaired) electrons. The molecule has 0 spiro atoms. The third-order valence-electron chi connectivity index (χ3n) is 2.86. The van der Waals surface area contributed by atoms with E-state index in [-0.39, 0.29) is 5.91 Å². The van der Waals surface area contributed by atoms with Crippen molar-refractivity contribution in [3.63, 3.8) is 0 Å². The van der Waals surface area contributed by atoms with Crippen LogP contribution in [-0.4, -0.2) is 16.8 Å². The van der Waals surface area contributed by atoms with Gasteiger partial charge in [0.05, 0.1) is 16.3 Å². The molecule has 0 fully saturated rings. The number of carbonyl (C=O) groups is 1. The monoisotopic (exact) mass is 322 g/mol. The molecule has 0 atom stereocenters. The van der Waals surface area contributed by atoms with Crippen molar-refractivity contribution in [2.75, 3.05) is 5.32 Å². The fourth-order valence-electron chi connectivity index (χ4n) is 1.75. The Morgan fingerprint density at radius 2 is 1.95 bits per heavy atom. The maximum Gasteiger partial charge on any atom is 0.257 e. The zero-order valence-electron chi connectivity index (χ0n) is 11.1. The zero-order valence-corrected chi connectivity index (χ0v) is 12.6. The molecule has 21 heavy (non-hydrogen) atoms. The highest BCUT2D eigenvalue weighted by atomic mass is 35.5. The number of hydrogen-bond acceptors (Lipinski definition) is 3. The summed E-state index contributed by atoms with van der Waals surface area (Å²) >= 11 is 11.9. The van der Waals surface area contributed by atoms with Crippen LogP contribution >= 0.6 is 23.2 Å². The molecule has 2 rings (SSSR count). The van der Waals surface area contributed by atoms with E-state index in [2.05, 4.69) is 10.5 Å². The van der Waals surface area contributed by atoms with Gasteiger partial charge in [-0.2, -0.15) is 0 Å². The van der Waals surface area contributed by atoms with E-state index in [4.69, 9.17) is 28.4 Å². The summed E-state index contributed by atoms with van der Waals surface area (Å²) in [5, 5.41) is 15.4. The van der Waals surface area contributed by atoms with Crippen LogP contribution in [0.1, 0.15) is 22.8 Å². The summed E-state index contributed by atoms with van der Waals surface area (Å²) < 4.78 is 0. The second kappa shape index (κ2) is 6.61. The van der Waals surface area contributed by atoms with Crippen molar-refractivity contribution in [1.82, 2.24) is 0 Å². The second-order valence-electron chi connectivity index (χ2n) is 4.34. The van der Waals surface area contributed by atoms with E-state index in [0.717, 1.165) is 0 Å². The Morgan fingerprint density at radius 1 is 1.19 bits per heavy atom. The predicted molar refractivity (Wildman–Crippen MR) is 84.9 cm³/mol. The van der Waals surface area contributed by atoms with Crippen LogP contribution in [0.15, 0.2) is 47.6 Å². The number of carbonyl (C=O) groups excluding carboxylic acids is 1. The standard InChI is InChI=1S/C15H12Cl2N2O2/c1-9(19-21)10-3-2-4-12(7-10)18-15(20)13-8-11(16)5-6-14(13)17/h2-8,21H,1H3,(H,18,20)/b19-9+. The third kappa shape index (κ3) is 3.74. The number of oxime groups is 1. The van der Waals surface area contributed by atoms with Crippen LogP contribution in [-0.2, 0) is 0 Å². The largest absolute Gasteiger partial charge is 0.411 e. The van der Waals surface area contributed by atoms with Gasteiger partial charge in [-0.15, -0.1) is 0 Å². The Kier molecular flexibility index (Phi) is 4.83. The first-order valence-corrected chi connectivity index (χ1v) is 6.82. The van der Waals surface area contributed by atoms with Crippen LogP contribution in [0.3, 0.4) is 0 Å². The van der Waals surface area contributed by atoms with Crippen molar-refractivity contribution in [3.8, 4) is 0 Å². The maximum absolute atomic E-state index is 12.2. The molecule has 2 aromatic rings. The lowest BCUT2D eigenvalue weighted by Gasteiger charge is -2.08. The number of rotatable bonds is 3. The van der Waals surface area contributed by atoms with Gasteiger partial charge in [-0.25, -0.2) is 0 Å². The predicted octanol–water partition coefficient (Wildman–Crippen LogP) is 4.44. The lowest BCUT2D eigenvalue weighted by atomic mass is 10.1. The molecule has 4 nitrogen and oxygen atoms in total. The van der Waals surface area contributed by atoms with Gasteiger partial charge in [0.25, 0.3) is 5.91 Å². The summed E-state index contributed by atoms with van der Waals surface area (Å²) in [4.78, 5) is 12.2. The van der Waals surface area contributed by atoms with Crippen molar-refractivity contribution in [2.45, 2.75) is 6.92 Å². The first-order chi connectivity index (χ1) is 10.0. The van der Waals surface area contributed by atoms with E-state index in [1.807, 2.05) is 0 Å². The van der Waals surface area contributed by atoms with Crippen molar-refractivity contribution in [2.24, 2.45) is 5.16 Å². The Balaban J connectivity index is 2.26. The number of halogens is 2. The average Bonchev–Trinajstić information content (AvgIpc) is 2.49. The summed E-state index contributed by atoms with van der Waals surface area (Å²) in [7, 11) is 0. The van der Waals surface area contributed by atoms with Crippen molar-refractivity contribution in [3.05, 3.63) is 63.6 Å². The Bertz CT molecular complexity index is 715. The van der Waals surface area contributed by atoms with Crippen LogP contribution < -0.4 is 5.32 Å². The number of nitrogens with zero attached hydrogens (tertiary/aromatic N) is 1. The summed E-state index contributed by atoms with van der Waals surface area (Å²) in [5.74, 6) is -0.363. The van der Waals surface area contributed by atoms with Gasteiger partial charge in [0.1, 0.15) is 0 Å². The minimum atomic E-state index is -0.363. The van der Waals surface area contributed by atoms with Gasteiger partial charge in [0.15, 0.2) is 0 Å². The highest BCUT2D eigenvalue weighted by Gasteiger charge is 2.11. The van der Waals surface area contributed by atoms with Gasteiger partial charge in [-0.1, -0.05) is 40.5 Å². The molecule has 0 aliphatic heterocycles. The van der Waals surface area contributed by atoms with Crippen molar-refractivity contribution in [1.29, 1.82) is 0 Å². The molecule has 0 aromatic heterocycles. The molecular formula is C15H12Cl2N2O2. The van der Waals surface area contributed by atoms with Crippen LogP contribution in [0.25, 0.3) is 0 Å². The number of anilines is 1. The smallest absolute Gasteiger partial charge is 0.257 e. The fraction of sp³-hybridized carbons (Fsp3) is 0.0667. The first-order valence-electron chi connectivity index (χ1n) is 6.07. The van der Waals surface area contributed by atoms with Crippen molar-refractivity contribution < 1.29 is 10.0 Å². The maximum atomic E-state index is 12.2. The molecule has 1 amide bonds. The molecule has 2 N–H and O–H groups in total. The molecule has 0 unspecified atom stereocenters. The number of nitrogens with one attached hydrogen (secondary N) is 1. The molecule has 0 saturated heterocycles. The zero-order chi connectivity index (χ0) is 15.4. The minimum absolute atomic E-state index is 0.294. The fourth-order valence-corrected chi connectivity index (χ4v) is 2.13. The highest BCUT2D eigenvalue weighted by Crippen LogP contribution is 2.22. The van der Waals surface area contributed by atoms with E-state index < -0.39 is 0 Å². The van der Waals surface area contributed by atoms with Gasteiger partial charge < -0.3 is 10.5 Å². The normalized spacial score (nSPS) is 11.3. The Labute approximate surface area is 132 Å². The molecule has 108 valence electrons. The van der Waals surface area contributed by atoms with Gasteiger partial charge in [0, 0.05) is 16.3 Å². The van der Waals surface area contributed by atoms with Crippen LogP contribution in [0.4, 0.5) is 5.69 Å². The third-order valence-corrected chi connectivity index (χ3v) is 3.43. The van der Waals surface area contributed by atoms with Gasteiger partial charge in [0.2, 0.25) is 0 Å². The lowest BCUT2D eigenvalue weighted by Crippen LogP contribution is -2.13. The Morgan fingerprint density at radius 3 is 2.67 bits per heavy atom. The van der Waals surface area contributed by atoms with E-state index in [1.54, 1.807) is 43.3 Å². The van der Waals surface area contributed by atoms with Gasteiger partial charge in [-0.05, 0) is 37.3 Å². The SMILES string of the molecule is C/C(=N\O)c1cccc(NC(=O)c2cc(Cl)ccc2Cl)c1. The molecule has 2 aromatic carbocycles. The van der Waals surface area contributed by atoms with Crippen LogP contribution in [0.5, 0.6) is 0 Å². The lowest BCUT2D eigenvalue weighted by molar-refractivity contribution is 0.102. The number of amides is 1. The van der Waals surface area contributed by atoms with Crippen LogP contribution in [0.2, 0.25) is 10.0 Å². The van der Waals surface area contributed by atoms with E-state index in [0.29, 0.717) is 32.6 Å². The number of benzene rings is 2.